The Morgan fingerprint density at radius 1 is 1.50 bits per heavy atom. The Hall–Kier alpha value is -0.410. The Morgan fingerprint density at radius 3 is 2.70 bits per heavy atom. The molecule has 0 radical (unpaired) electrons. The topological polar surface area (TPSA) is 26.0 Å². The molecule has 0 aliphatic carbocycles. The lowest BCUT2D eigenvalue weighted by Crippen LogP contribution is -1.97. The third-order valence-corrected chi connectivity index (χ3v) is 2.14. The maximum absolute atomic E-state index is 12.7. The largest absolute Gasteiger partial charge is 0.326 e. The Kier molecular flexibility index (Phi) is 2.40. The minimum atomic E-state index is -0.261. The van der Waals surface area contributed by atoms with Crippen LogP contribution in [0.4, 0.5) is 4.39 Å². The molecule has 0 amide bonds. The molecule has 0 bridgehead atoms. The van der Waals surface area contributed by atoms with Crippen LogP contribution in [0.3, 0.4) is 0 Å². The van der Waals surface area contributed by atoms with E-state index in [9.17, 15) is 4.39 Å². The van der Waals surface area contributed by atoms with Crippen molar-refractivity contribution in [1.29, 1.82) is 0 Å². The predicted molar refractivity (Wildman–Crippen MR) is 42.0 cm³/mol. The molecule has 0 aliphatic rings. The first-order valence-electron chi connectivity index (χ1n) is 2.88. The standard InChI is InChI=1S/C7H7BrFN/c8-7-5(4-10)2-1-3-6(7)9/h1-3H,4,10H2. The lowest BCUT2D eigenvalue weighted by atomic mass is 10.2. The van der Waals surface area contributed by atoms with Gasteiger partial charge in [-0.25, -0.2) is 4.39 Å². The first-order valence-corrected chi connectivity index (χ1v) is 3.68. The van der Waals surface area contributed by atoms with E-state index in [1.54, 1.807) is 12.1 Å². The van der Waals surface area contributed by atoms with Gasteiger partial charge in [0, 0.05) is 6.54 Å². The van der Waals surface area contributed by atoms with Crippen molar-refractivity contribution in [2.75, 3.05) is 0 Å². The van der Waals surface area contributed by atoms with E-state index in [0.29, 0.717) is 11.0 Å². The summed E-state index contributed by atoms with van der Waals surface area (Å²) >= 11 is 3.09. The van der Waals surface area contributed by atoms with Crippen molar-refractivity contribution in [2.24, 2.45) is 5.73 Å². The third-order valence-electron chi connectivity index (χ3n) is 1.25. The lowest BCUT2D eigenvalue weighted by molar-refractivity contribution is 0.618. The summed E-state index contributed by atoms with van der Waals surface area (Å²) in [7, 11) is 0. The number of hydrogen-bond donors (Lipinski definition) is 1. The summed E-state index contributed by atoms with van der Waals surface area (Å²) in [5, 5.41) is 0. The van der Waals surface area contributed by atoms with Gasteiger partial charge in [0.1, 0.15) is 5.82 Å². The van der Waals surface area contributed by atoms with Gasteiger partial charge < -0.3 is 5.73 Å². The number of hydrogen-bond acceptors (Lipinski definition) is 1. The fraction of sp³-hybridized carbons (Fsp3) is 0.143. The van der Waals surface area contributed by atoms with Crippen LogP contribution in [0.2, 0.25) is 0 Å². The second-order valence-electron chi connectivity index (χ2n) is 1.92. The number of benzene rings is 1. The Balaban J connectivity index is 3.14. The van der Waals surface area contributed by atoms with Crippen LogP contribution in [0.5, 0.6) is 0 Å². The van der Waals surface area contributed by atoms with Crippen molar-refractivity contribution in [3.8, 4) is 0 Å². The summed E-state index contributed by atoms with van der Waals surface area (Å²) in [5.74, 6) is -0.261. The summed E-state index contributed by atoms with van der Waals surface area (Å²) in [6.07, 6.45) is 0. The molecule has 0 atom stereocenters. The van der Waals surface area contributed by atoms with Gasteiger partial charge in [-0.05, 0) is 27.6 Å². The monoisotopic (exact) mass is 203 g/mol. The molecule has 0 fully saturated rings. The molecule has 0 saturated carbocycles. The summed E-state index contributed by atoms with van der Waals surface area (Å²) in [6.45, 7) is 0.359. The van der Waals surface area contributed by atoms with Crippen LogP contribution in [0.25, 0.3) is 0 Å². The summed E-state index contributed by atoms with van der Waals surface area (Å²) in [4.78, 5) is 0. The predicted octanol–water partition coefficient (Wildman–Crippen LogP) is 2.05. The van der Waals surface area contributed by atoms with Gasteiger partial charge in [0.15, 0.2) is 0 Å². The first-order chi connectivity index (χ1) is 4.75. The molecule has 10 heavy (non-hydrogen) atoms. The molecule has 3 heteroatoms. The first kappa shape index (κ1) is 7.69. The Morgan fingerprint density at radius 2 is 2.20 bits per heavy atom. The van der Waals surface area contributed by atoms with Gasteiger partial charge in [0.05, 0.1) is 4.47 Å². The van der Waals surface area contributed by atoms with Gasteiger partial charge in [0.2, 0.25) is 0 Å². The number of rotatable bonds is 1. The van der Waals surface area contributed by atoms with Gasteiger partial charge in [-0.1, -0.05) is 12.1 Å². The molecule has 1 aromatic carbocycles. The quantitative estimate of drug-likeness (QED) is 0.744. The Labute approximate surface area is 67.2 Å². The van der Waals surface area contributed by atoms with Crippen LogP contribution >= 0.6 is 15.9 Å². The second-order valence-corrected chi connectivity index (χ2v) is 2.71. The molecular weight excluding hydrogens is 197 g/mol. The normalized spacial score (nSPS) is 9.90. The molecule has 1 rings (SSSR count). The van der Waals surface area contributed by atoms with E-state index in [4.69, 9.17) is 5.73 Å². The van der Waals surface area contributed by atoms with Crippen molar-refractivity contribution in [1.82, 2.24) is 0 Å². The molecular formula is C7H7BrFN. The second kappa shape index (κ2) is 3.12. The molecule has 0 spiro atoms. The van der Waals surface area contributed by atoms with E-state index >= 15 is 0 Å². The maximum Gasteiger partial charge on any atom is 0.137 e. The molecule has 0 saturated heterocycles. The minimum absolute atomic E-state index is 0.261. The van der Waals surface area contributed by atoms with E-state index in [2.05, 4.69) is 15.9 Å². The zero-order chi connectivity index (χ0) is 7.56. The van der Waals surface area contributed by atoms with E-state index in [1.165, 1.54) is 6.07 Å². The van der Waals surface area contributed by atoms with Gasteiger partial charge in [-0.3, -0.25) is 0 Å². The molecule has 1 nitrogen and oxygen atoms in total. The zero-order valence-corrected chi connectivity index (χ0v) is 6.86. The van der Waals surface area contributed by atoms with Gasteiger partial charge in [-0.15, -0.1) is 0 Å². The van der Waals surface area contributed by atoms with Crippen molar-refractivity contribution in [3.05, 3.63) is 34.1 Å². The SMILES string of the molecule is NCc1cccc(F)c1Br. The van der Waals surface area contributed by atoms with Crippen molar-refractivity contribution in [2.45, 2.75) is 6.54 Å². The molecule has 54 valence electrons. The van der Waals surface area contributed by atoms with E-state index in [1.807, 2.05) is 0 Å². The maximum atomic E-state index is 12.7. The highest BCUT2D eigenvalue weighted by molar-refractivity contribution is 9.10. The van der Waals surface area contributed by atoms with E-state index in [-0.39, 0.29) is 5.82 Å². The number of nitrogens with two attached hydrogens (primary N) is 1. The van der Waals surface area contributed by atoms with Crippen molar-refractivity contribution >= 4 is 15.9 Å². The average molecular weight is 204 g/mol. The molecule has 0 aromatic heterocycles. The lowest BCUT2D eigenvalue weighted by Gasteiger charge is -1.99. The summed E-state index contributed by atoms with van der Waals surface area (Å²) in [5.41, 5.74) is 6.11. The molecule has 1 aromatic rings. The van der Waals surface area contributed by atoms with Crippen LogP contribution in [0, 0.1) is 5.82 Å². The van der Waals surface area contributed by atoms with E-state index in [0.717, 1.165) is 5.56 Å². The molecule has 2 N–H and O–H groups in total. The molecule has 0 unspecified atom stereocenters. The van der Waals surface area contributed by atoms with Crippen molar-refractivity contribution in [3.63, 3.8) is 0 Å². The van der Waals surface area contributed by atoms with E-state index < -0.39 is 0 Å². The van der Waals surface area contributed by atoms with Crippen LogP contribution in [-0.2, 0) is 6.54 Å². The fourth-order valence-electron chi connectivity index (χ4n) is 0.706. The minimum Gasteiger partial charge on any atom is -0.326 e. The Bertz CT molecular complexity index is 237. The molecule has 0 heterocycles. The highest BCUT2D eigenvalue weighted by Crippen LogP contribution is 2.19. The average Bonchev–Trinajstić information content (AvgIpc) is 1.95. The highest BCUT2D eigenvalue weighted by atomic mass is 79.9. The van der Waals surface area contributed by atoms with Gasteiger partial charge in [-0.2, -0.15) is 0 Å². The molecule has 0 aliphatic heterocycles. The zero-order valence-electron chi connectivity index (χ0n) is 5.27. The number of halogens is 2. The van der Waals surface area contributed by atoms with Gasteiger partial charge >= 0.3 is 0 Å². The third kappa shape index (κ3) is 1.36. The van der Waals surface area contributed by atoms with Crippen LogP contribution in [0.1, 0.15) is 5.56 Å². The summed E-state index contributed by atoms with van der Waals surface area (Å²) < 4.78 is 13.1. The van der Waals surface area contributed by atoms with Crippen LogP contribution in [-0.4, -0.2) is 0 Å². The van der Waals surface area contributed by atoms with Crippen molar-refractivity contribution < 1.29 is 4.39 Å². The fourth-order valence-corrected chi connectivity index (χ4v) is 1.13. The highest BCUT2D eigenvalue weighted by Gasteiger charge is 2.01. The summed E-state index contributed by atoms with van der Waals surface area (Å²) in [6, 6.07) is 4.82. The smallest absolute Gasteiger partial charge is 0.137 e. The van der Waals surface area contributed by atoms with Crippen LogP contribution < -0.4 is 5.73 Å². The van der Waals surface area contributed by atoms with Gasteiger partial charge in [0.25, 0.3) is 0 Å². The van der Waals surface area contributed by atoms with Crippen LogP contribution in [0.15, 0.2) is 22.7 Å².